The van der Waals surface area contributed by atoms with Crippen molar-refractivity contribution in [2.75, 3.05) is 39.4 Å². The van der Waals surface area contributed by atoms with Gasteiger partial charge in [-0.25, -0.2) is 4.98 Å². The van der Waals surface area contributed by atoms with Gasteiger partial charge in [-0.05, 0) is 25.8 Å². The van der Waals surface area contributed by atoms with Crippen LogP contribution in [0, 0.1) is 12.8 Å². The van der Waals surface area contributed by atoms with Crippen molar-refractivity contribution in [3.05, 3.63) is 23.5 Å². The Morgan fingerprint density at radius 3 is 2.74 bits per heavy atom. The van der Waals surface area contributed by atoms with Crippen LogP contribution in [-0.4, -0.2) is 75.8 Å². The zero-order valence-corrected chi connectivity index (χ0v) is 15.8. The van der Waals surface area contributed by atoms with Crippen LogP contribution in [0.3, 0.4) is 0 Å². The molecule has 8 nitrogen and oxygen atoms in total. The van der Waals surface area contributed by atoms with Crippen LogP contribution in [-0.2, 0) is 16.6 Å². The van der Waals surface area contributed by atoms with Crippen molar-refractivity contribution in [3.8, 4) is 0 Å². The Labute approximate surface area is 158 Å². The minimum Gasteiger partial charge on any atom is -0.378 e. The van der Waals surface area contributed by atoms with Crippen LogP contribution in [0.5, 0.6) is 0 Å². The lowest BCUT2D eigenvalue weighted by Crippen LogP contribution is -2.49. The molecule has 0 radical (unpaired) electrons. The molecule has 2 aliphatic rings. The molecule has 1 unspecified atom stereocenters. The Morgan fingerprint density at radius 1 is 1.19 bits per heavy atom. The molecule has 2 aromatic heterocycles. The molecule has 8 heteroatoms. The number of ether oxygens (including phenoxy) is 1. The van der Waals surface area contributed by atoms with Gasteiger partial charge < -0.3 is 14.5 Å². The molecular weight excluding hydrogens is 346 g/mol. The number of amides is 2. The summed E-state index contributed by atoms with van der Waals surface area (Å²) in [5.41, 5.74) is 2.18. The number of aryl methyl sites for hydroxylation is 2. The number of carbonyl (C=O) groups excluding carboxylic acids is 2. The fourth-order valence-corrected chi connectivity index (χ4v) is 4.01. The fraction of sp³-hybridized carbons (Fsp3) is 0.579. The monoisotopic (exact) mass is 371 g/mol. The summed E-state index contributed by atoms with van der Waals surface area (Å²) in [5, 5.41) is 5.25. The Kier molecular flexibility index (Phi) is 4.82. The van der Waals surface area contributed by atoms with E-state index in [0.717, 1.165) is 29.6 Å². The minimum atomic E-state index is -0.127. The van der Waals surface area contributed by atoms with Gasteiger partial charge in [0.25, 0.3) is 5.91 Å². The van der Waals surface area contributed by atoms with Crippen molar-refractivity contribution in [1.82, 2.24) is 24.6 Å². The topological polar surface area (TPSA) is 80.6 Å². The third kappa shape index (κ3) is 3.41. The van der Waals surface area contributed by atoms with Crippen LogP contribution in [0.25, 0.3) is 11.0 Å². The number of piperidine rings is 1. The molecule has 4 heterocycles. The highest BCUT2D eigenvalue weighted by molar-refractivity contribution is 5.97. The van der Waals surface area contributed by atoms with E-state index in [4.69, 9.17) is 4.74 Å². The molecule has 144 valence electrons. The number of carbonyl (C=O) groups is 2. The lowest BCUT2D eigenvalue weighted by atomic mass is 9.95. The summed E-state index contributed by atoms with van der Waals surface area (Å²) in [4.78, 5) is 33.9. The SMILES string of the molecule is Cc1nn(C)c2ncc(C(=O)N3CCCC(C(=O)N4CCOCC4)C3)cc12. The Balaban J connectivity index is 1.50. The van der Waals surface area contributed by atoms with E-state index in [9.17, 15) is 9.59 Å². The molecule has 0 bridgehead atoms. The smallest absolute Gasteiger partial charge is 0.255 e. The van der Waals surface area contributed by atoms with Crippen LogP contribution in [0.4, 0.5) is 0 Å². The van der Waals surface area contributed by atoms with Gasteiger partial charge in [-0.2, -0.15) is 5.10 Å². The number of pyridine rings is 1. The van der Waals surface area contributed by atoms with Crippen molar-refractivity contribution in [2.24, 2.45) is 13.0 Å². The van der Waals surface area contributed by atoms with Gasteiger partial charge in [-0.3, -0.25) is 14.3 Å². The van der Waals surface area contributed by atoms with Crippen LogP contribution in [0.15, 0.2) is 12.3 Å². The zero-order valence-electron chi connectivity index (χ0n) is 15.8. The molecule has 2 amide bonds. The van der Waals surface area contributed by atoms with Gasteiger partial charge in [0.15, 0.2) is 5.65 Å². The molecule has 0 aromatic carbocycles. The first kappa shape index (κ1) is 17.9. The Bertz CT molecular complexity index is 872. The second-order valence-corrected chi connectivity index (χ2v) is 7.33. The number of aromatic nitrogens is 3. The summed E-state index contributed by atoms with van der Waals surface area (Å²) in [5.74, 6) is -0.0442. The number of morpholine rings is 1. The maximum atomic E-state index is 13.0. The van der Waals surface area contributed by atoms with Crippen LogP contribution in [0.2, 0.25) is 0 Å². The molecule has 2 fully saturated rings. The molecule has 2 aromatic rings. The van der Waals surface area contributed by atoms with Crippen molar-refractivity contribution in [1.29, 1.82) is 0 Å². The maximum Gasteiger partial charge on any atom is 0.255 e. The molecule has 1 atom stereocenters. The van der Waals surface area contributed by atoms with E-state index >= 15 is 0 Å². The quantitative estimate of drug-likeness (QED) is 0.786. The van der Waals surface area contributed by atoms with Gasteiger partial charge in [0.1, 0.15) is 0 Å². The Morgan fingerprint density at radius 2 is 1.96 bits per heavy atom. The minimum absolute atomic E-state index is 0.0628. The third-order valence-electron chi connectivity index (χ3n) is 5.49. The summed E-state index contributed by atoms with van der Waals surface area (Å²) in [6.07, 6.45) is 3.28. The van der Waals surface area contributed by atoms with Crippen molar-refractivity contribution in [2.45, 2.75) is 19.8 Å². The number of fused-ring (bicyclic) bond motifs is 1. The van der Waals surface area contributed by atoms with Gasteiger partial charge in [0, 0.05) is 44.8 Å². The lowest BCUT2D eigenvalue weighted by molar-refractivity contribution is -0.141. The second-order valence-electron chi connectivity index (χ2n) is 7.33. The van der Waals surface area contributed by atoms with Crippen molar-refractivity contribution < 1.29 is 14.3 Å². The summed E-state index contributed by atoms with van der Waals surface area (Å²) in [6, 6.07) is 1.86. The summed E-state index contributed by atoms with van der Waals surface area (Å²) in [6.45, 7) is 5.54. The summed E-state index contributed by atoms with van der Waals surface area (Å²) in [7, 11) is 1.84. The highest BCUT2D eigenvalue weighted by atomic mass is 16.5. The second kappa shape index (κ2) is 7.26. The van der Waals surface area contributed by atoms with Gasteiger partial charge in [0.2, 0.25) is 5.91 Å². The van der Waals surface area contributed by atoms with Crippen molar-refractivity contribution >= 4 is 22.8 Å². The molecule has 2 saturated heterocycles. The predicted molar refractivity (Wildman–Crippen MR) is 99.3 cm³/mol. The average molecular weight is 371 g/mol. The van der Waals surface area contributed by atoms with Gasteiger partial charge in [0.05, 0.1) is 30.4 Å². The van der Waals surface area contributed by atoms with E-state index < -0.39 is 0 Å². The normalized spacial score (nSPS) is 20.9. The predicted octanol–water partition coefficient (Wildman–Crippen LogP) is 0.988. The molecule has 27 heavy (non-hydrogen) atoms. The third-order valence-corrected chi connectivity index (χ3v) is 5.49. The number of hydrogen-bond acceptors (Lipinski definition) is 5. The average Bonchev–Trinajstić information content (AvgIpc) is 3.01. The number of rotatable bonds is 2. The van der Waals surface area contributed by atoms with Crippen LogP contribution in [0.1, 0.15) is 28.9 Å². The summed E-state index contributed by atoms with van der Waals surface area (Å²) < 4.78 is 7.05. The molecule has 0 saturated carbocycles. The lowest BCUT2D eigenvalue weighted by Gasteiger charge is -2.36. The first-order chi connectivity index (χ1) is 13.0. The largest absolute Gasteiger partial charge is 0.378 e. The molecule has 0 aliphatic carbocycles. The van der Waals surface area contributed by atoms with Gasteiger partial charge >= 0.3 is 0 Å². The standard InChI is InChI=1S/C19H25N5O3/c1-13-16-10-15(11-20-17(16)22(2)21-13)19(26)24-5-3-4-14(12-24)18(25)23-6-8-27-9-7-23/h10-11,14H,3-9,12H2,1-2H3. The van der Waals surface area contributed by atoms with Crippen LogP contribution >= 0.6 is 0 Å². The Hall–Kier alpha value is -2.48. The zero-order chi connectivity index (χ0) is 19.0. The van der Waals surface area contributed by atoms with E-state index in [-0.39, 0.29) is 17.7 Å². The molecule has 0 N–H and O–H groups in total. The highest BCUT2D eigenvalue weighted by Gasteiger charge is 2.32. The van der Waals surface area contributed by atoms with E-state index in [1.165, 1.54) is 0 Å². The molecule has 0 spiro atoms. The number of hydrogen-bond donors (Lipinski definition) is 0. The van der Waals surface area contributed by atoms with Crippen LogP contribution < -0.4 is 0 Å². The number of likely N-dealkylation sites (tertiary alicyclic amines) is 1. The number of nitrogens with zero attached hydrogens (tertiary/aromatic N) is 5. The summed E-state index contributed by atoms with van der Waals surface area (Å²) >= 11 is 0. The van der Waals surface area contributed by atoms with Gasteiger partial charge in [-0.15, -0.1) is 0 Å². The van der Waals surface area contributed by atoms with E-state index in [1.807, 2.05) is 24.9 Å². The maximum absolute atomic E-state index is 13.0. The fourth-order valence-electron chi connectivity index (χ4n) is 4.01. The first-order valence-electron chi connectivity index (χ1n) is 9.50. The highest BCUT2D eigenvalue weighted by Crippen LogP contribution is 2.23. The van der Waals surface area contributed by atoms with E-state index in [1.54, 1.807) is 15.8 Å². The molecule has 4 rings (SSSR count). The van der Waals surface area contributed by atoms with Gasteiger partial charge in [-0.1, -0.05) is 0 Å². The molecular formula is C19H25N5O3. The van der Waals surface area contributed by atoms with E-state index in [0.29, 0.717) is 45.0 Å². The van der Waals surface area contributed by atoms with E-state index in [2.05, 4.69) is 10.1 Å². The van der Waals surface area contributed by atoms with Crippen molar-refractivity contribution in [3.63, 3.8) is 0 Å². The molecule has 2 aliphatic heterocycles. The first-order valence-corrected chi connectivity index (χ1v) is 9.50.